The van der Waals surface area contributed by atoms with Gasteiger partial charge in [0.15, 0.2) is 0 Å². The minimum atomic E-state index is 0.0660. The van der Waals surface area contributed by atoms with E-state index in [0.29, 0.717) is 0 Å². The molecular formula is C12H20N2O. The third-order valence-corrected chi connectivity index (χ3v) is 2.51. The van der Waals surface area contributed by atoms with Crippen LogP contribution in [-0.2, 0) is 0 Å². The lowest BCUT2D eigenvalue weighted by molar-refractivity contribution is 0.258. The summed E-state index contributed by atoms with van der Waals surface area (Å²) in [6.07, 6.45) is 0. The lowest BCUT2D eigenvalue weighted by Gasteiger charge is -2.29. The molecule has 0 aliphatic heterocycles. The molecule has 15 heavy (non-hydrogen) atoms. The van der Waals surface area contributed by atoms with Crippen LogP contribution < -0.4 is 10.5 Å². The third-order valence-electron chi connectivity index (χ3n) is 2.51. The predicted molar refractivity (Wildman–Crippen MR) is 63.1 cm³/mol. The normalized spacial score (nSPS) is 15.1. The molecule has 0 radical (unpaired) electrons. The number of hydrogen-bond donors (Lipinski definition) is 1. The van der Waals surface area contributed by atoms with Crippen molar-refractivity contribution in [2.45, 2.75) is 19.0 Å². The van der Waals surface area contributed by atoms with Gasteiger partial charge in [-0.25, -0.2) is 0 Å². The second-order valence-electron chi connectivity index (χ2n) is 4.01. The molecule has 2 atom stereocenters. The van der Waals surface area contributed by atoms with Crippen LogP contribution in [0.2, 0.25) is 0 Å². The first-order chi connectivity index (χ1) is 7.07. The highest BCUT2D eigenvalue weighted by Gasteiger charge is 2.21. The summed E-state index contributed by atoms with van der Waals surface area (Å²) >= 11 is 0. The minimum Gasteiger partial charge on any atom is -0.496 e. The van der Waals surface area contributed by atoms with E-state index in [1.807, 2.05) is 39.2 Å². The standard InChI is InChI=1S/C12H20N2O/c1-9(13)12(14(2)3)10-7-5-6-8-11(10)15-4/h5-9,12H,13H2,1-4H3. The van der Waals surface area contributed by atoms with E-state index in [4.69, 9.17) is 10.5 Å². The van der Waals surface area contributed by atoms with Gasteiger partial charge in [-0.2, -0.15) is 0 Å². The maximum absolute atomic E-state index is 6.00. The van der Waals surface area contributed by atoms with Gasteiger partial charge < -0.3 is 15.4 Å². The van der Waals surface area contributed by atoms with Crippen molar-refractivity contribution in [3.8, 4) is 5.75 Å². The molecule has 0 fully saturated rings. The Hall–Kier alpha value is -1.06. The van der Waals surface area contributed by atoms with Crippen LogP contribution in [0.3, 0.4) is 0 Å². The van der Waals surface area contributed by atoms with Crippen molar-refractivity contribution in [3.63, 3.8) is 0 Å². The Balaban J connectivity index is 3.10. The van der Waals surface area contributed by atoms with Crippen LogP contribution in [0.25, 0.3) is 0 Å². The van der Waals surface area contributed by atoms with Crippen LogP contribution in [0.15, 0.2) is 24.3 Å². The average molecular weight is 208 g/mol. The zero-order chi connectivity index (χ0) is 11.4. The Bertz CT molecular complexity index is 302. The topological polar surface area (TPSA) is 38.5 Å². The van der Waals surface area contributed by atoms with Crippen molar-refractivity contribution in [2.24, 2.45) is 5.73 Å². The van der Waals surface area contributed by atoms with Crippen molar-refractivity contribution < 1.29 is 4.74 Å². The Morgan fingerprint density at radius 1 is 1.27 bits per heavy atom. The maximum Gasteiger partial charge on any atom is 0.123 e. The number of para-hydroxylation sites is 1. The summed E-state index contributed by atoms with van der Waals surface area (Å²) in [5.74, 6) is 0.897. The van der Waals surface area contributed by atoms with E-state index in [1.165, 1.54) is 0 Å². The van der Waals surface area contributed by atoms with Gasteiger partial charge in [0.25, 0.3) is 0 Å². The molecule has 0 saturated carbocycles. The van der Waals surface area contributed by atoms with Crippen molar-refractivity contribution >= 4 is 0 Å². The van der Waals surface area contributed by atoms with Crippen LogP contribution in [0.4, 0.5) is 0 Å². The van der Waals surface area contributed by atoms with E-state index in [2.05, 4.69) is 11.0 Å². The second-order valence-corrected chi connectivity index (χ2v) is 4.01. The Labute approximate surface area is 91.8 Å². The molecule has 0 aliphatic rings. The Morgan fingerprint density at radius 2 is 1.87 bits per heavy atom. The SMILES string of the molecule is COc1ccccc1C(C(C)N)N(C)C. The lowest BCUT2D eigenvalue weighted by Crippen LogP contribution is -2.35. The van der Waals surface area contributed by atoms with Crippen molar-refractivity contribution in [1.29, 1.82) is 0 Å². The molecule has 3 nitrogen and oxygen atoms in total. The van der Waals surface area contributed by atoms with Gasteiger partial charge in [-0.05, 0) is 27.1 Å². The quantitative estimate of drug-likeness (QED) is 0.817. The van der Waals surface area contributed by atoms with Gasteiger partial charge in [-0.15, -0.1) is 0 Å². The highest BCUT2D eigenvalue weighted by atomic mass is 16.5. The molecule has 3 heteroatoms. The Morgan fingerprint density at radius 3 is 2.33 bits per heavy atom. The monoisotopic (exact) mass is 208 g/mol. The van der Waals surface area contributed by atoms with Gasteiger partial charge in [-0.3, -0.25) is 0 Å². The molecule has 2 N–H and O–H groups in total. The fourth-order valence-electron chi connectivity index (χ4n) is 1.94. The molecule has 0 amide bonds. The van der Waals surface area contributed by atoms with Gasteiger partial charge in [0.05, 0.1) is 13.2 Å². The third kappa shape index (κ3) is 2.70. The number of hydrogen-bond acceptors (Lipinski definition) is 3. The smallest absolute Gasteiger partial charge is 0.123 e. The summed E-state index contributed by atoms with van der Waals surface area (Å²) in [7, 11) is 5.74. The first-order valence-corrected chi connectivity index (χ1v) is 5.13. The van der Waals surface area contributed by atoms with Crippen molar-refractivity contribution in [1.82, 2.24) is 4.90 Å². The predicted octanol–water partition coefficient (Wildman–Crippen LogP) is 1.65. The summed E-state index contributed by atoms with van der Waals surface area (Å²) in [5, 5.41) is 0. The van der Waals surface area contributed by atoms with Gasteiger partial charge in [0.2, 0.25) is 0 Å². The Kier molecular flexibility index (Phi) is 4.12. The van der Waals surface area contributed by atoms with Crippen molar-refractivity contribution in [2.75, 3.05) is 21.2 Å². The highest BCUT2D eigenvalue weighted by Crippen LogP contribution is 2.29. The van der Waals surface area contributed by atoms with E-state index in [0.717, 1.165) is 11.3 Å². The minimum absolute atomic E-state index is 0.0660. The second kappa shape index (κ2) is 5.14. The number of rotatable bonds is 4. The molecule has 0 saturated heterocycles. The van der Waals surface area contributed by atoms with E-state index < -0.39 is 0 Å². The molecule has 1 aromatic carbocycles. The van der Waals surface area contributed by atoms with Crippen LogP contribution in [0.5, 0.6) is 5.75 Å². The average Bonchev–Trinajstić information content (AvgIpc) is 2.17. The fourth-order valence-corrected chi connectivity index (χ4v) is 1.94. The summed E-state index contributed by atoms with van der Waals surface area (Å²) in [5.41, 5.74) is 7.13. The van der Waals surface area contributed by atoms with Crippen molar-refractivity contribution in [3.05, 3.63) is 29.8 Å². The number of nitrogens with zero attached hydrogens (tertiary/aromatic N) is 1. The number of methoxy groups -OCH3 is 1. The molecule has 1 aromatic rings. The van der Waals surface area contributed by atoms with E-state index >= 15 is 0 Å². The van der Waals surface area contributed by atoms with Gasteiger partial charge >= 0.3 is 0 Å². The zero-order valence-electron chi connectivity index (χ0n) is 9.90. The summed E-state index contributed by atoms with van der Waals surface area (Å²) < 4.78 is 5.34. The van der Waals surface area contributed by atoms with Crippen LogP contribution in [0, 0.1) is 0 Å². The summed E-state index contributed by atoms with van der Waals surface area (Å²) in [6.45, 7) is 2.01. The molecule has 0 bridgehead atoms. The fraction of sp³-hybridized carbons (Fsp3) is 0.500. The molecule has 2 unspecified atom stereocenters. The number of nitrogens with two attached hydrogens (primary N) is 1. The molecular weight excluding hydrogens is 188 g/mol. The summed E-state index contributed by atoms with van der Waals surface area (Å²) in [4.78, 5) is 2.11. The first kappa shape index (κ1) is 12.0. The summed E-state index contributed by atoms with van der Waals surface area (Å²) in [6, 6.07) is 8.26. The van der Waals surface area contributed by atoms with E-state index in [9.17, 15) is 0 Å². The first-order valence-electron chi connectivity index (χ1n) is 5.13. The molecule has 0 aliphatic carbocycles. The van der Waals surface area contributed by atoms with Crippen LogP contribution in [0.1, 0.15) is 18.5 Å². The molecule has 0 aromatic heterocycles. The lowest BCUT2D eigenvalue weighted by atomic mass is 9.99. The highest BCUT2D eigenvalue weighted by molar-refractivity contribution is 5.36. The van der Waals surface area contributed by atoms with Crippen LogP contribution in [-0.4, -0.2) is 32.1 Å². The molecule has 0 heterocycles. The molecule has 0 spiro atoms. The van der Waals surface area contributed by atoms with E-state index in [-0.39, 0.29) is 12.1 Å². The largest absolute Gasteiger partial charge is 0.496 e. The van der Waals surface area contributed by atoms with Gasteiger partial charge in [-0.1, -0.05) is 18.2 Å². The van der Waals surface area contributed by atoms with E-state index in [1.54, 1.807) is 7.11 Å². The van der Waals surface area contributed by atoms with Gasteiger partial charge in [0, 0.05) is 11.6 Å². The van der Waals surface area contributed by atoms with Gasteiger partial charge in [0.1, 0.15) is 5.75 Å². The maximum atomic E-state index is 6.00. The van der Waals surface area contributed by atoms with Crippen LogP contribution >= 0.6 is 0 Å². The number of benzene rings is 1. The number of ether oxygens (including phenoxy) is 1. The number of likely N-dealkylation sites (N-methyl/N-ethyl adjacent to an activating group) is 1. The zero-order valence-corrected chi connectivity index (χ0v) is 9.90. The molecule has 84 valence electrons. The molecule has 1 rings (SSSR count).